The molecular weight excluding hydrogens is 417 g/mol. The van der Waals surface area contributed by atoms with Crippen LogP contribution in [0.3, 0.4) is 0 Å². The van der Waals surface area contributed by atoms with Crippen molar-refractivity contribution in [2.24, 2.45) is 0 Å². The second kappa shape index (κ2) is 8.11. The summed E-state index contributed by atoms with van der Waals surface area (Å²) in [6, 6.07) is 4.63. The van der Waals surface area contributed by atoms with Crippen molar-refractivity contribution in [3.63, 3.8) is 0 Å². The molecule has 29 heavy (non-hydrogen) atoms. The van der Waals surface area contributed by atoms with Crippen LogP contribution in [-0.2, 0) is 12.6 Å². The number of nitrogens with one attached hydrogen (secondary N) is 1. The standard InChI is InChI=1S/C18H12F5N3O2S/c1-9(15(19)20)7-13-25-17(29-26-13)14-11(18(21,22)23)3-2-4-12(14)24-16(27)10-5-6-28-8-10/h2-6,8H,7H2,1H3,(H,24,27). The fourth-order valence-corrected chi connectivity index (χ4v) is 3.20. The molecule has 0 aliphatic rings. The van der Waals surface area contributed by atoms with Gasteiger partial charge in [0, 0.05) is 12.0 Å². The Morgan fingerprint density at radius 1 is 1.24 bits per heavy atom. The van der Waals surface area contributed by atoms with Crippen LogP contribution in [0.25, 0.3) is 10.6 Å². The van der Waals surface area contributed by atoms with Crippen molar-refractivity contribution in [1.82, 2.24) is 9.36 Å². The highest BCUT2D eigenvalue weighted by Crippen LogP contribution is 2.42. The normalized spacial score (nSPS) is 11.4. The van der Waals surface area contributed by atoms with E-state index in [-0.39, 0.29) is 39.6 Å². The number of carbonyl (C=O) groups is 1. The first-order valence-corrected chi connectivity index (χ1v) is 8.81. The second-order valence-electron chi connectivity index (χ2n) is 5.93. The third-order valence-corrected chi connectivity index (χ3v) is 4.60. The summed E-state index contributed by atoms with van der Waals surface area (Å²) < 4.78 is 74.6. The van der Waals surface area contributed by atoms with Gasteiger partial charge in [-0.3, -0.25) is 4.79 Å². The quantitative estimate of drug-likeness (QED) is 0.522. The van der Waals surface area contributed by atoms with Crippen LogP contribution in [0.4, 0.5) is 27.6 Å². The number of anilines is 1. The molecule has 0 aliphatic carbocycles. The molecule has 3 rings (SSSR count). The summed E-state index contributed by atoms with van der Waals surface area (Å²) in [4.78, 5) is 16.2. The average Bonchev–Trinajstić information content (AvgIpc) is 3.32. The van der Waals surface area contributed by atoms with Crippen LogP contribution in [0.2, 0.25) is 0 Å². The highest BCUT2D eigenvalue weighted by atomic mass is 32.1. The molecule has 3 aromatic rings. The zero-order valence-electron chi connectivity index (χ0n) is 14.7. The Morgan fingerprint density at radius 3 is 2.62 bits per heavy atom. The van der Waals surface area contributed by atoms with E-state index in [2.05, 4.69) is 14.7 Å². The summed E-state index contributed by atoms with van der Waals surface area (Å²) in [6.07, 6.45) is -4.54. The molecule has 0 bridgehead atoms. The topological polar surface area (TPSA) is 68.0 Å². The van der Waals surface area contributed by atoms with Gasteiger partial charge in [0.25, 0.3) is 12.0 Å². The second-order valence-corrected chi connectivity index (χ2v) is 6.68. The van der Waals surface area contributed by atoms with Gasteiger partial charge in [0.2, 0.25) is 0 Å². The molecule has 0 fully saturated rings. The molecule has 1 aromatic carbocycles. The summed E-state index contributed by atoms with van der Waals surface area (Å²) >= 11 is 0.627. The van der Waals surface area contributed by atoms with Gasteiger partial charge in [0.05, 0.1) is 23.1 Å². The first-order valence-electron chi connectivity index (χ1n) is 8.04. The number of carbonyl (C=O) groups excluding carboxylic acids is 1. The van der Waals surface area contributed by atoms with Crippen molar-refractivity contribution in [1.29, 1.82) is 0 Å². The highest BCUT2D eigenvalue weighted by Gasteiger charge is 2.36. The largest absolute Gasteiger partial charge is 0.472 e. The van der Waals surface area contributed by atoms with E-state index in [0.717, 1.165) is 18.4 Å². The molecule has 0 radical (unpaired) electrons. The monoisotopic (exact) mass is 429 g/mol. The van der Waals surface area contributed by atoms with Gasteiger partial charge in [-0.15, -0.1) is 0 Å². The van der Waals surface area contributed by atoms with Crippen molar-refractivity contribution in [2.75, 3.05) is 5.32 Å². The third kappa shape index (κ3) is 4.67. The van der Waals surface area contributed by atoms with Crippen molar-refractivity contribution in [3.8, 4) is 10.6 Å². The van der Waals surface area contributed by atoms with Gasteiger partial charge in [-0.1, -0.05) is 6.07 Å². The number of amides is 1. The molecule has 1 N–H and O–H groups in total. The minimum Gasteiger partial charge on any atom is -0.472 e. The van der Waals surface area contributed by atoms with E-state index < -0.39 is 23.7 Å². The Kier molecular flexibility index (Phi) is 5.78. The summed E-state index contributed by atoms with van der Waals surface area (Å²) in [6.45, 7) is 1.18. The van der Waals surface area contributed by atoms with Gasteiger partial charge < -0.3 is 9.73 Å². The Hall–Kier alpha value is -3.08. The molecule has 0 saturated carbocycles. The van der Waals surface area contributed by atoms with E-state index in [1.165, 1.54) is 25.3 Å². The van der Waals surface area contributed by atoms with Gasteiger partial charge in [-0.05, 0) is 42.2 Å². The zero-order valence-corrected chi connectivity index (χ0v) is 15.5. The van der Waals surface area contributed by atoms with Gasteiger partial charge >= 0.3 is 6.18 Å². The molecule has 1 amide bonds. The first kappa shape index (κ1) is 20.6. The SMILES string of the molecule is CC(Cc1nsc(-c2c(NC(=O)c3ccoc3)cccc2C(F)(F)F)n1)=C(F)F. The predicted molar refractivity (Wildman–Crippen MR) is 95.6 cm³/mol. The van der Waals surface area contributed by atoms with Crippen molar-refractivity contribution in [3.05, 3.63) is 65.4 Å². The van der Waals surface area contributed by atoms with Gasteiger partial charge in [-0.2, -0.15) is 26.3 Å². The number of halogens is 5. The molecule has 0 aliphatic heterocycles. The van der Waals surface area contributed by atoms with Gasteiger partial charge in [-0.25, -0.2) is 4.98 Å². The number of hydrogen-bond acceptors (Lipinski definition) is 5. The van der Waals surface area contributed by atoms with Crippen LogP contribution < -0.4 is 5.32 Å². The number of nitrogens with zero attached hydrogens (tertiary/aromatic N) is 2. The number of benzene rings is 1. The van der Waals surface area contributed by atoms with Crippen molar-refractivity contribution >= 4 is 23.1 Å². The van der Waals surface area contributed by atoms with Crippen molar-refractivity contribution in [2.45, 2.75) is 19.5 Å². The van der Waals surface area contributed by atoms with E-state index in [9.17, 15) is 26.7 Å². The lowest BCUT2D eigenvalue weighted by atomic mass is 10.0. The smallest absolute Gasteiger partial charge is 0.417 e. The van der Waals surface area contributed by atoms with Crippen molar-refractivity contribution < 1.29 is 31.2 Å². The molecule has 5 nitrogen and oxygen atoms in total. The Bertz CT molecular complexity index is 1050. The molecule has 2 heterocycles. The average molecular weight is 429 g/mol. The lowest BCUT2D eigenvalue weighted by molar-refractivity contribution is -0.137. The molecule has 0 spiro atoms. The summed E-state index contributed by atoms with van der Waals surface area (Å²) in [7, 11) is 0. The van der Waals surface area contributed by atoms with E-state index in [4.69, 9.17) is 4.42 Å². The maximum atomic E-state index is 13.6. The summed E-state index contributed by atoms with van der Waals surface area (Å²) in [5.74, 6) is -0.721. The maximum Gasteiger partial charge on any atom is 0.417 e. The minimum atomic E-state index is -4.74. The van der Waals surface area contributed by atoms with E-state index >= 15 is 0 Å². The highest BCUT2D eigenvalue weighted by molar-refractivity contribution is 7.09. The van der Waals surface area contributed by atoms with Crippen LogP contribution in [-0.4, -0.2) is 15.3 Å². The zero-order chi connectivity index (χ0) is 21.2. The maximum absolute atomic E-state index is 13.6. The predicted octanol–water partition coefficient (Wildman–Crippen LogP) is 5.78. The number of aromatic nitrogens is 2. The Labute approximate surface area is 165 Å². The van der Waals surface area contributed by atoms with Crippen LogP contribution >= 0.6 is 11.5 Å². The number of alkyl halides is 3. The number of rotatable bonds is 5. The lowest BCUT2D eigenvalue weighted by Gasteiger charge is -2.15. The van der Waals surface area contributed by atoms with Crippen LogP contribution in [0.5, 0.6) is 0 Å². The van der Waals surface area contributed by atoms with E-state index in [0.29, 0.717) is 11.5 Å². The van der Waals surface area contributed by atoms with Gasteiger partial charge in [0.15, 0.2) is 0 Å². The van der Waals surface area contributed by atoms with Crippen LogP contribution in [0.15, 0.2) is 52.9 Å². The number of allylic oxidation sites excluding steroid dienone is 1. The van der Waals surface area contributed by atoms with Gasteiger partial charge in [0.1, 0.15) is 17.1 Å². The van der Waals surface area contributed by atoms with Crippen LogP contribution in [0, 0.1) is 0 Å². The summed E-state index contributed by atoms with van der Waals surface area (Å²) in [5.41, 5.74) is -1.73. The molecule has 152 valence electrons. The molecule has 0 saturated heterocycles. The molecule has 0 unspecified atom stereocenters. The lowest BCUT2D eigenvalue weighted by Crippen LogP contribution is -2.14. The number of hydrogen-bond donors (Lipinski definition) is 1. The number of furan rings is 1. The fourth-order valence-electron chi connectivity index (χ4n) is 2.44. The molecule has 0 atom stereocenters. The van der Waals surface area contributed by atoms with E-state index in [1.807, 2.05) is 0 Å². The first-order chi connectivity index (χ1) is 13.7. The fraction of sp³-hybridized carbons (Fsp3) is 0.167. The summed E-state index contributed by atoms with van der Waals surface area (Å²) in [5, 5.41) is 2.25. The molecule has 11 heteroatoms. The molecular formula is C18H12F5N3O2S. The Morgan fingerprint density at radius 2 is 2.00 bits per heavy atom. The third-order valence-electron chi connectivity index (χ3n) is 3.83. The van der Waals surface area contributed by atoms with Crippen LogP contribution in [0.1, 0.15) is 28.7 Å². The minimum absolute atomic E-state index is 0.0422. The molecule has 2 aromatic heterocycles. The van der Waals surface area contributed by atoms with E-state index in [1.54, 1.807) is 0 Å². The Balaban J connectivity index is 2.05.